The van der Waals surface area contributed by atoms with Crippen LogP contribution in [0.5, 0.6) is 11.5 Å². The number of fused-ring (bicyclic) bond motifs is 2. The number of nitrogens with one attached hydrogen (secondary N) is 1. The molecule has 2 aliphatic rings. The number of methoxy groups -OCH3 is 1. The van der Waals surface area contributed by atoms with Crippen LogP contribution in [0.2, 0.25) is 0 Å². The van der Waals surface area contributed by atoms with Gasteiger partial charge in [0.2, 0.25) is 11.8 Å². The van der Waals surface area contributed by atoms with Gasteiger partial charge in [0, 0.05) is 24.9 Å². The van der Waals surface area contributed by atoms with E-state index in [0.717, 1.165) is 12.8 Å². The number of carbonyl (C=O) groups is 3. The van der Waals surface area contributed by atoms with Crippen molar-refractivity contribution in [2.75, 3.05) is 38.4 Å². The molecule has 3 heterocycles. The summed E-state index contributed by atoms with van der Waals surface area (Å²) < 4.78 is 23.6. The van der Waals surface area contributed by atoms with Crippen molar-refractivity contribution in [2.24, 2.45) is 0 Å². The van der Waals surface area contributed by atoms with Gasteiger partial charge in [-0.05, 0) is 54.8 Å². The van der Waals surface area contributed by atoms with E-state index >= 15 is 0 Å². The average molecular weight is 586 g/mol. The van der Waals surface area contributed by atoms with Gasteiger partial charge < -0.3 is 24.3 Å². The molecule has 0 unspecified atom stereocenters. The minimum absolute atomic E-state index is 0.105. The minimum atomic E-state index is -1.11. The molecule has 222 valence electrons. The molecular formula is C31H31N5O7. The zero-order valence-corrected chi connectivity index (χ0v) is 23.6. The third-order valence-corrected chi connectivity index (χ3v) is 7.46. The van der Waals surface area contributed by atoms with Gasteiger partial charge in [0.1, 0.15) is 31.3 Å². The van der Waals surface area contributed by atoms with E-state index in [1.807, 2.05) is 24.3 Å². The van der Waals surface area contributed by atoms with Gasteiger partial charge in [-0.3, -0.25) is 14.5 Å². The summed E-state index contributed by atoms with van der Waals surface area (Å²) in [6.45, 7) is 1.52. The van der Waals surface area contributed by atoms with Crippen LogP contribution in [0.25, 0.3) is 11.0 Å². The van der Waals surface area contributed by atoms with Crippen LogP contribution in [-0.4, -0.2) is 72.4 Å². The van der Waals surface area contributed by atoms with Crippen molar-refractivity contribution in [1.82, 2.24) is 20.3 Å². The van der Waals surface area contributed by atoms with Crippen molar-refractivity contribution < 1.29 is 33.3 Å². The van der Waals surface area contributed by atoms with Crippen LogP contribution in [0.15, 0.2) is 66.7 Å². The lowest BCUT2D eigenvalue weighted by molar-refractivity contribution is -0.127. The summed E-state index contributed by atoms with van der Waals surface area (Å²) in [6.07, 6.45) is 1.65. The van der Waals surface area contributed by atoms with Gasteiger partial charge in [-0.25, -0.2) is 9.48 Å². The van der Waals surface area contributed by atoms with E-state index in [1.165, 1.54) is 16.7 Å². The highest BCUT2D eigenvalue weighted by Crippen LogP contribution is 2.37. The number of amides is 2. The standard InChI is InChI=1S/C31H31N5O7/c1-40-31(39)21-10-8-20(9-11-21)29(30(38)32-18-23-5-4-14-41-23)36(22-12-13-26-27(17-22)43-16-15-42-26)28(37)19-35-25-7-3-2-6-24(25)33-34-35/h2-3,6-13,17,23,29H,4-5,14-16,18-19H2,1H3,(H,32,38)/t23-,29-/m0/s1. The van der Waals surface area contributed by atoms with Crippen molar-refractivity contribution in [3.8, 4) is 11.5 Å². The van der Waals surface area contributed by atoms with Crippen LogP contribution in [-0.2, 0) is 25.6 Å². The Morgan fingerprint density at radius 3 is 2.58 bits per heavy atom. The SMILES string of the molecule is COC(=O)c1ccc([C@@H](C(=O)NC[C@@H]2CCCO2)N(C(=O)Cn2nnc3ccccc32)c2ccc3c(c2)OCCO3)cc1. The number of benzene rings is 3. The van der Waals surface area contributed by atoms with Crippen LogP contribution in [0.1, 0.15) is 34.8 Å². The topological polar surface area (TPSA) is 134 Å². The molecule has 2 atom stereocenters. The van der Waals surface area contributed by atoms with Crippen LogP contribution in [0.3, 0.4) is 0 Å². The van der Waals surface area contributed by atoms with E-state index in [9.17, 15) is 14.4 Å². The molecule has 1 fully saturated rings. The smallest absolute Gasteiger partial charge is 0.337 e. The Morgan fingerprint density at radius 1 is 1.02 bits per heavy atom. The quantitative estimate of drug-likeness (QED) is 0.294. The van der Waals surface area contributed by atoms with E-state index in [1.54, 1.807) is 42.5 Å². The monoisotopic (exact) mass is 585 g/mol. The summed E-state index contributed by atoms with van der Waals surface area (Å²) in [4.78, 5) is 41.9. The maximum Gasteiger partial charge on any atom is 0.337 e. The summed E-state index contributed by atoms with van der Waals surface area (Å²) in [5.74, 6) is -0.322. The summed E-state index contributed by atoms with van der Waals surface area (Å²) in [5, 5.41) is 11.4. The molecule has 0 bridgehead atoms. The summed E-state index contributed by atoms with van der Waals surface area (Å²) in [7, 11) is 1.30. The van der Waals surface area contributed by atoms with Gasteiger partial charge in [-0.15, -0.1) is 5.10 Å². The fraction of sp³-hybridized carbons (Fsp3) is 0.323. The molecule has 2 amide bonds. The second-order valence-corrected chi connectivity index (χ2v) is 10.2. The lowest BCUT2D eigenvalue weighted by Gasteiger charge is -2.32. The van der Waals surface area contributed by atoms with E-state index < -0.39 is 23.8 Å². The maximum absolute atomic E-state index is 14.3. The molecule has 0 aliphatic carbocycles. The van der Waals surface area contributed by atoms with Crippen LogP contribution < -0.4 is 19.7 Å². The lowest BCUT2D eigenvalue weighted by atomic mass is 10.0. The first-order chi connectivity index (χ1) is 21.0. The largest absolute Gasteiger partial charge is 0.486 e. The number of esters is 1. The Balaban J connectivity index is 1.41. The zero-order chi connectivity index (χ0) is 29.8. The summed E-state index contributed by atoms with van der Waals surface area (Å²) >= 11 is 0. The number of ether oxygens (including phenoxy) is 4. The fourth-order valence-corrected chi connectivity index (χ4v) is 5.31. The van der Waals surface area contributed by atoms with Crippen LogP contribution in [0, 0.1) is 0 Å². The van der Waals surface area contributed by atoms with Gasteiger partial charge in [-0.2, -0.15) is 0 Å². The Morgan fingerprint density at radius 2 is 1.81 bits per heavy atom. The van der Waals surface area contributed by atoms with Gasteiger partial charge in [0.15, 0.2) is 11.5 Å². The van der Waals surface area contributed by atoms with Crippen molar-refractivity contribution in [3.63, 3.8) is 0 Å². The number of rotatable bonds is 9. The number of anilines is 1. The molecule has 12 nitrogen and oxygen atoms in total. The first-order valence-electron chi connectivity index (χ1n) is 14.1. The van der Waals surface area contributed by atoms with Gasteiger partial charge >= 0.3 is 5.97 Å². The van der Waals surface area contributed by atoms with E-state index in [-0.39, 0.29) is 12.6 Å². The van der Waals surface area contributed by atoms with Crippen LogP contribution >= 0.6 is 0 Å². The Kier molecular flexibility index (Phi) is 8.18. The third kappa shape index (κ3) is 6.00. The molecule has 3 aromatic carbocycles. The minimum Gasteiger partial charge on any atom is -0.486 e. The second kappa shape index (κ2) is 12.5. The number of para-hydroxylation sites is 1. The first kappa shape index (κ1) is 28.2. The van der Waals surface area contributed by atoms with Crippen molar-refractivity contribution in [3.05, 3.63) is 77.9 Å². The van der Waals surface area contributed by atoms with Crippen molar-refractivity contribution in [1.29, 1.82) is 0 Å². The van der Waals surface area contributed by atoms with Crippen LogP contribution in [0.4, 0.5) is 5.69 Å². The molecule has 43 heavy (non-hydrogen) atoms. The zero-order valence-electron chi connectivity index (χ0n) is 23.6. The Labute approximate surface area is 247 Å². The summed E-state index contributed by atoms with van der Waals surface area (Å²) in [6, 6.07) is 17.8. The number of hydrogen-bond acceptors (Lipinski definition) is 9. The molecule has 1 N–H and O–H groups in total. The second-order valence-electron chi connectivity index (χ2n) is 10.2. The summed E-state index contributed by atoms with van der Waals surface area (Å²) in [5.41, 5.74) is 2.55. The Bertz CT molecular complexity index is 1630. The van der Waals surface area contributed by atoms with Gasteiger partial charge in [0.05, 0.1) is 24.3 Å². The fourth-order valence-electron chi connectivity index (χ4n) is 5.31. The van der Waals surface area contributed by atoms with Crippen molar-refractivity contribution in [2.45, 2.75) is 31.5 Å². The molecule has 0 saturated carbocycles. The third-order valence-electron chi connectivity index (χ3n) is 7.46. The van der Waals surface area contributed by atoms with E-state index in [0.29, 0.717) is 65.7 Å². The number of hydrogen-bond donors (Lipinski definition) is 1. The number of carbonyl (C=O) groups excluding carboxylic acids is 3. The highest BCUT2D eigenvalue weighted by atomic mass is 16.6. The normalized spacial score (nSPS) is 16.4. The van der Waals surface area contributed by atoms with Gasteiger partial charge in [0.25, 0.3) is 0 Å². The van der Waals surface area contributed by atoms with Crippen molar-refractivity contribution >= 4 is 34.5 Å². The van der Waals surface area contributed by atoms with Gasteiger partial charge in [-0.1, -0.05) is 29.5 Å². The highest BCUT2D eigenvalue weighted by molar-refractivity contribution is 6.02. The number of nitrogens with zero attached hydrogens (tertiary/aromatic N) is 4. The molecular weight excluding hydrogens is 554 g/mol. The first-order valence-corrected chi connectivity index (χ1v) is 14.1. The predicted molar refractivity (Wildman–Crippen MR) is 155 cm³/mol. The van der Waals surface area contributed by atoms with E-state index in [2.05, 4.69) is 15.6 Å². The molecule has 2 aliphatic heterocycles. The molecule has 4 aromatic rings. The highest BCUT2D eigenvalue weighted by Gasteiger charge is 2.35. The molecule has 1 saturated heterocycles. The van der Waals surface area contributed by atoms with E-state index in [4.69, 9.17) is 18.9 Å². The molecule has 1 aromatic heterocycles. The Hall–Kier alpha value is -4.97. The molecule has 6 rings (SSSR count). The molecule has 0 spiro atoms. The predicted octanol–water partition coefficient (Wildman–Crippen LogP) is 3.06. The molecule has 0 radical (unpaired) electrons. The lowest BCUT2D eigenvalue weighted by Crippen LogP contribution is -2.46. The maximum atomic E-state index is 14.3. The molecule has 12 heteroatoms. The number of aromatic nitrogens is 3. The average Bonchev–Trinajstić information content (AvgIpc) is 3.72.